The van der Waals surface area contributed by atoms with Gasteiger partial charge in [0.05, 0.1) is 22.4 Å². The fourth-order valence-corrected chi connectivity index (χ4v) is 1.38. The summed E-state index contributed by atoms with van der Waals surface area (Å²) >= 11 is 0. The molecule has 2 rings (SSSR count). The first-order valence-electron chi connectivity index (χ1n) is 5.19. The molecule has 3 N–H and O–H groups in total. The van der Waals surface area contributed by atoms with Gasteiger partial charge in [-0.2, -0.15) is 0 Å². The van der Waals surface area contributed by atoms with Crippen molar-refractivity contribution in [3.8, 4) is 0 Å². The van der Waals surface area contributed by atoms with Crippen molar-refractivity contribution in [2.45, 2.75) is 0 Å². The van der Waals surface area contributed by atoms with Crippen LogP contribution in [0.25, 0.3) is 0 Å². The first-order chi connectivity index (χ1) is 9.08. The number of carbonyl (C=O) groups is 1. The molecule has 2 aromatic rings. The van der Waals surface area contributed by atoms with Crippen LogP contribution in [0.15, 0.2) is 36.8 Å². The van der Waals surface area contributed by atoms with Gasteiger partial charge in [0.15, 0.2) is 0 Å². The molecule has 0 aliphatic rings. The van der Waals surface area contributed by atoms with Gasteiger partial charge in [-0.25, -0.2) is 4.98 Å². The molecule has 0 unspecified atom stereocenters. The summed E-state index contributed by atoms with van der Waals surface area (Å²) in [6.45, 7) is 0. The molecule has 0 radical (unpaired) electrons. The zero-order valence-electron chi connectivity index (χ0n) is 9.61. The molecule has 0 bridgehead atoms. The predicted octanol–water partition coefficient (Wildman–Crippen LogP) is 1.22. The molecule has 0 spiro atoms. The number of nitro groups is 1. The molecule has 8 heteroatoms. The highest BCUT2D eigenvalue weighted by molar-refractivity contribution is 6.07. The number of nitrogen functional groups attached to an aromatic ring is 1. The minimum atomic E-state index is -0.646. The Balaban J connectivity index is 2.28. The highest BCUT2D eigenvalue weighted by Gasteiger charge is 2.16. The topological polar surface area (TPSA) is 124 Å². The van der Waals surface area contributed by atoms with E-state index in [4.69, 9.17) is 5.73 Å². The number of hydrogen-bond acceptors (Lipinski definition) is 6. The molecule has 96 valence electrons. The molecule has 2 aromatic heterocycles. The van der Waals surface area contributed by atoms with Crippen LogP contribution in [0.2, 0.25) is 0 Å². The molecule has 0 aliphatic carbocycles. The maximum atomic E-state index is 11.9. The van der Waals surface area contributed by atoms with Gasteiger partial charge in [0.25, 0.3) is 11.6 Å². The van der Waals surface area contributed by atoms with Crippen molar-refractivity contribution in [3.05, 3.63) is 52.5 Å². The van der Waals surface area contributed by atoms with Gasteiger partial charge in [-0.15, -0.1) is 0 Å². The minimum absolute atomic E-state index is 0.0574. The Bertz CT molecular complexity index is 629. The number of rotatable bonds is 3. The standard InChI is InChI=1S/C11H9N5O3/c12-10-9(4-8(6-14-10)16(18)19)11(17)15-7-2-1-3-13-5-7/h1-6H,(H2,12,14)(H,15,17). The van der Waals surface area contributed by atoms with E-state index in [1.54, 1.807) is 18.3 Å². The maximum absolute atomic E-state index is 11.9. The lowest BCUT2D eigenvalue weighted by Gasteiger charge is -2.06. The molecule has 0 saturated heterocycles. The molecule has 0 aromatic carbocycles. The van der Waals surface area contributed by atoms with Crippen LogP contribution < -0.4 is 11.1 Å². The van der Waals surface area contributed by atoms with Gasteiger partial charge in [-0.3, -0.25) is 19.9 Å². The van der Waals surface area contributed by atoms with Crippen molar-refractivity contribution in [1.29, 1.82) is 0 Å². The molecular formula is C11H9N5O3. The van der Waals surface area contributed by atoms with Gasteiger partial charge in [0.1, 0.15) is 12.0 Å². The van der Waals surface area contributed by atoms with Crippen molar-refractivity contribution in [3.63, 3.8) is 0 Å². The lowest BCUT2D eigenvalue weighted by atomic mass is 10.2. The molecule has 0 saturated carbocycles. The van der Waals surface area contributed by atoms with E-state index in [1.807, 2.05) is 0 Å². The number of aromatic nitrogens is 2. The summed E-state index contributed by atoms with van der Waals surface area (Å²) in [6, 6.07) is 4.35. The number of nitrogens with two attached hydrogens (primary N) is 1. The summed E-state index contributed by atoms with van der Waals surface area (Å²) in [4.78, 5) is 29.4. The van der Waals surface area contributed by atoms with E-state index in [0.29, 0.717) is 5.69 Å². The average Bonchev–Trinajstić information content (AvgIpc) is 2.40. The number of anilines is 2. The van der Waals surface area contributed by atoms with Crippen LogP contribution in [0.4, 0.5) is 17.2 Å². The largest absolute Gasteiger partial charge is 0.383 e. The van der Waals surface area contributed by atoms with Crippen molar-refractivity contribution >= 4 is 23.1 Å². The quantitative estimate of drug-likeness (QED) is 0.630. The van der Waals surface area contributed by atoms with Gasteiger partial charge >= 0.3 is 0 Å². The second kappa shape index (κ2) is 5.08. The van der Waals surface area contributed by atoms with Crippen LogP contribution >= 0.6 is 0 Å². The number of hydrogen-bond donors (Lipinski definition) is 2. The highest BCUT2D eigenvalue weighted by atomic mass is 16.6. The number of nitrogens with one attached hydrogen (secondary N) is 1. The van der Waals surface area contributed by atoms with Crippen molar-refractivity contribution in [2.24, 2.45) is 0 Å². The van der Waals surface area contributed by atoms with E-state index in [9.17, 15) is 14.9 Å². The van der Waals surface area contributed by atoms with Crippen LogP contribution in [0, 0.1) is 10.1 Å². The fourth-order valence-electron chi connectivity index (χ4n) is 1.38. The van der Waals surface area contributed by atoms with E-state index in [2.05, 4.69) is 15.3 Å². The predicted molar refractivity (Wildman–Crippen MR) is 67.5 cm³/mol. The van der Waals surface area contributed by atoms with Crippen LogP contribution in [-0.4, -0.2) is 20.8 Å². The summed E-state index contributed by atoms with van der Waals surface area (Å²) < 4.78 is 0. The Morgan fingerprint density at radius 1 is 1.42 bits per heavy atom. The van der Waals surface area contributed by atoms with Crippen LogP contribution in [0.3, 0.4) is 0 Å². The maximum Gasteiger partial charge on any atom is 0.288 e. The fraction of sp³-hybridized carbons (Fsp3) is 0. The second-order valence-corrected chi connectivity index (χ2v) is 3.58. The highest BCUT2D eigenvalue weighted by Crippen LogP contribution is 2.18. The number of amides is 1. The van der Waals surface area contributed by atoms with Crippen LogP contribution in [0.5, 0.6) is 0 Å². The third-order valence-electron chi connectivity index (χ3n) is 2.28. The summed E-state index contributed by atoms with van der Waals surface area (Å²) in [5.41, 5.74) is 5.63. The zero-order chi connectivity index (χ0) is 13.8. The first kappa shape index (κ1) is 12.4. The third-order valence-corrected chi connectivity index (χ3v) is 2.28. The molecule has 0 atom stereocenters. The van der Waals surface area contributed by atoms with Crippen LogP contribution in [-0.2, 0) is 0 Å². The number of carbonyl (C=O) groups excluding carboxylic acids is 1. The monoisotopic (exact) mass is 259 g/mol. The Morgan fingerprint density at radius 2 is 2.21 bits per heavy atom. The van der Waals surface area contributed by atoms with Crippen LogP contribution in [0.1, 0.15) is 10.4 Å². The number of nitrogens with zero attached hydrogens (tertiary/aromatic N) is 3. The van der Waals surface area contributed by atoms with Crippen molar-refractivity contribution in [1.82, 2.24) is 9.97 Å². The SMILES string of the molecule is Nc1ncc([N+](=O)[O-])cc1C(=O)Nc1cccnc1. The van der Waals surface area contributed by atoms with E-state index in [-0.39, 0.29) is 17.1 Å². The van der Waals surface area contributed by atoms with Gasteiger partial charge in [-0.1, -0.05) is 0 Å². The van der Waals surface area contributed by atoms with Crippen molar-refractivity contribution < 1.29 is 9.72 Å². The zero-order valence-corrected chi connectivity index (χ0v) is 9.61. The smallest absolute Gasteiger partial charge is 0.288 e. The van der Waals surface area contributed by atoms with Gasteiger partial charge in [-0.05, 0) is 12.1 Å². The van der Waals surface area contributed by atoms with Gasteiger partial charge in [0.2, 0.25) is 0 Å². The number of pyridine rings is 2. The Morgan fingerprint density at radius 3 is 2.84 bits per heavy atom. The molecule has 8 nitrogen and oxygen atoms in total. The minimum Gasteiger partial charge on any atom is -0.383 e. The third kappa shape index (κ3) is 2.80. The normalized spacial score (nSPS) is 9.89. The molecule has 0 aliphatic heterocycles. The first-order valence-corrected chi connectivity index (χ1v) is 5.19. The van der Waals surface area contributed by atoms with E-state index in [1.165, 1.54) is 6.20 Å². The molecule has 2 heterocycles. The lowest BCUT2D eigenvalue weighted by Crippen LogP contribution is -2.15. The molecule has 1 amide bonds. The molecule has 19 heavy (non-hydrogen) atoms. The van der Waals surface area contributed by atoms with Gasteiger partial charge in [0, 0.05) is 12.3 Å². The van der Waals surface area contributed by atoms with Crippen molar-refractivity contribution in [2.75, 3.05) is 11.1 Å². The Labute approximate surface area is 107 Å². The van der Waals surface area contributed by atoms with E-state index >= 15 is 0 Å². The average molecular weight is 259 g/mol. The van der Waals surface area contributed by atoms with E-state index < -0.39 is 10.8 Å². The summed E-state index contributed by atoms with van der Waals surface area (Å²) in [5.74, 6) is -0.659. The summed E-state index contributed by atoms with van der Waals surface area (Å²) in [6.07, 6.45) is 3.99. The Kier molecular flexibility index (Phi) is 3.33. The van der Waals surface area contributed by atoms with E-state index in [0.717, 1.165) is 12.3 Å². The second-order valence-electron chi connectivity index (χ2n) is 3.58. The Hall–Kier alpha value is -3.03. The summed E-state index contributed by atoms with van der Waals surface area (Å²) in [7, 11) is 0. The summed E-state index contributed by atoms with van der Waals surface area (Å²) in [5, 5.41) is 13.1. The van der Waals surface area contributed by atoms with Gasteiger partial charge < -0.3 is 11.1 Å². The lowest BCUT2D eigenvalue weighted by molar-refractivity contribution is -0.385. The molecular weight excluding hydrogens is 250 g/mol. The molecule has 0 fully saturated rings.